The van der Waals surface area contributed by atoms with Gasteiger partial charge in [0.05, 0.1) is 7.11 Å². The molecule has 0 heterocycles. The fourth-order valence-corrected chi connectivity index (χ4v) is 1.12. The number of carbonyl (C=O) groups excluding carboxylic acids is 1. The first-order valence-corrected chi connectivity index (χ1v) is 4.76. The highest BCUT2D eigenvalue weighted by Crippen LogP contribution is 2.25. The van der Waals surface area contributed by atoms with E-state index in [2.05, 4.69) is 4.74 Å². The van der Waals surface area contributed by atoms with Crippen molar-refractivity contribution < 1.29 is 19.4 Å². The maximum absolute atomic E-state index is 10.9. The van der Waals surface area contributed by atoms with Crippen LogP contribution in [0, 0.1) is 11.3 Å². The highest BCUT2D eigenvalue weighted by atomic mass is 16.5. The van der Waals surface area contributed by atoms with Gasteiger partial charge in [-0.1, -0.05) is 0 Å². The minimum Gasteiger partial charge on any atom is -0.508 e. The van der Waals surface area contributed by atoms with E-state index >= 15 is 0 Å². The maximum atomic E-state index is 10.9. The number of phenolic OH excluding ortho intramolecular Hbond substituents is 1. The molecule has 5 heteroatoms. The average molecular weight is 233 g/mol. The number of hydrogen-bond donors (Lipinski definition) is 1. The SMILES string of the molecule is COC(=O)C=Cc1ccc(O)cc1OCC#N. The van der Waals surface area contributed by atoms with Crippen LogP contribution in [0.1, 0.15) is 5.56 Å². The molecule has 0 aliphatic rings. The molecule has 0 aliphatic carbocycles. The van der Waals surface area contributed by atoms with Gasteiger partial charge in [0.25, 0.3) is 0 Å². The quantitative estimate of drug-likeness (QED) is 0.629. The first kappa shape index (κ1) is 12.6. The number of aromatic hydroxyl groups is 1. The number of rotatable bonds is 4. The predicted molar refractivity (Wildman–Crippen MR) is 60.3 cm³/mol. The van der Waals surface area contributed by atoms with Gasteiger partial charge in [0.15, 0.2) is 6.61 Å². The van der Waals surface area contributed by atoms with E-state index in [4.69, 9.17) is 10.00 Å². The number of esters is 1. The van der Waals surface area contributed by atoms with E-state index in [1.54, 1.807) is 6.07 Å². The second-order valence-electron chi connectivity index (χ2n) is 3.03. The van der Waals surface area contributed by atoms with Crippen LogP contribution in [-0.2, 0) is 9.53 Å². The number of hydrogen-bond acceptors (Lipinski definition) is 5. The van der Waals surface area contributed by atoms with Gasteiger partial charge in [-0.05, 0) is 18.2 Å². The van der Waals surface area contributed by atoms with Crippen molar-refractivity contribution in [2.75, 3.05) is 13.7 Å². The molecule has 0 aromatic heterocycles. The summed E-state index contributed by atoms with van der Waals surface area (Å²) in [5.74, 6) is -0.149. The molecule has 0 saturated carbocycles. The number of ether oxygens (including phenoxy) is 2. The zero-order valence-corrected chi connectivity index (χ0v) is 9.21. The summed E-state index contributed by atoms with van der Waals surface area (Å²) in [4.78, 5) is 10.9. The van der Waals surface area contributed by atoms with Crippen molar-refractivity contribution >= 4 is 12.0 Å². The molecule has 5 nitrogen and oxygen atoms in total. The summed E-state index contributed by atoms with van der Waals surface area (Å²) in [5.41, 5.74) is 0.573. The molecule has 0 spiro atoms. The lowest BCUT2D eigenvalue weighted by atomic mass is 10.2. The Morgan fingerprint density at radius 2 is 2.35 bits per heavy atom. The van der Waals surface area contributed by atoms with Crippen molar-refractivity contribution in [2.45, 2.75) is 0 Å². The molecule has 0 amide bonds. The molecule has 0 unspecified atom stereocenters. The Morgan fingerprint density at radius 1 is 1.59 bits per heavy atom. The summed E-state index contributed by atoms with van der Waals surface area (Å²) >= 11 is 0. The van der Waals surface area contributed by atoms with Crippen LogP contribution in [0.2, 0.25) is 0 Å². The maximum Gasteiger partial charge on any atom is 0.330 e. The smallest absolute Gasteiger partial charge is 0.330 e. The fourth-order valence-electron chi connectivity index (χ4n) is 1.12. The number of benzene rings is 1. The Hall–Kier alpha value is -2.48. The molecule has 0 saturated heterocycles. The fraction of sp³-hybridized carbons (Fsp3) is 0.167. The van der Waals surface area contributed by atoms with Crippen LogP contribution in [0.25, 0.3) is 6.08 Å². The number of carbonyl (C=O) groups is 1. The number of methoxy groups -OCH3 is 1. The first-order chi connectivity index (χ1) is 8.17. The first-order valence-electron chi connectivity index (χ1n) is 4.76. The Bertz CT molecular complexity index is 474. The zero-order chi connectivity index (χ0) is 12.7. The minimum absolute atomic E-state index is 0.0214. The Kier molecular flexibility index (Phi) is 4.58. The van der Waals surface area contributed by atoms with E-state index in [0.29, 0.717) is 11.3 Å². The van der Waals surface area contributed by atoms with Crippen molar-refractivity contribution in [3.63, 3.8) is 0 Å². The molecule has 17 heavy (non-hydrogen) atoms. The van der Waals surface area contributed by atoms with Crippen LogP contribution in [-0.4, -0.2) is 24.8 Å². The number of nitriles is 1. The normalized spacial score (nSPS) is 9.88. The van der Waals surface area contributed by atoms with Gasteiger partial charge in [-0.25, -0.2) is 4.79 Å². The minimum atomic E-state index is -0.496. The van der Waals surface area contributed by atoms with Crippen LogP contribution in [0.4, 0.5) is 0 Å². The summed E-state index contributed by atoms with van der Waals surface area (Å²) < 4.78 is 9.56. The van der Waals surface area contributed by atoms with Crippen LogP contribution in [0.3, 0.4) is 0 Å². The lowest BCUT2D eigenvalue weighted by molar-refractivity contribution is -0.134. The zero-order valence-electron chi connectivity index (χ0n) is 9.21. The van der Waals surface area contributed by atoms with Crippen molar-refractivity contribution in [1.82, 2.24) is 0 Å². The van der Waals surface area contributed by atoms with Crippen molar-refractivity contribution in [2.24, 2.45) is 0 Å². The van der Waals surface area contributed by atoms with Gasteiger partial charge >= 0.3 is 5.97 Å². The predicted octanol–water partition coefficient (Wildman–Crippen LogP) is 1.48. The molecular weight excluding hydrogens is 222 g/mol. The highest BCUT2D eigenvalue weighted by Gasteiger charge is 2.03. The van der Waals surface area contributed by atoms with Gasteiger partial charge in [0.2, 0.25) is 0 Å². The molecule has 0 atom stereocenters. The average Bonchev–Trinajstić information content (AvgIpc) is 2.34. The lowest BCUT2D eigenvalue weighted by Gasteiger charge is -2.06. The van der Waals surface area contributed by atoms with Crippen molar-refractivity contribution in [1.29, 1.82) is 5.26 Å². The van der Waals surface area contributed by atoms with E-state index in [1.165, 1.54) is 31.4 Å². The second-order valence-corrected chi connectivity index (χ2v) is 3.03. The van der Waals surface area contributed by atoms with Crippen LogP contribution in [0.5, 0.6) is 11.5 Å². The molecule has 1 rings (SSSR count). The molecule has 0 fully saturated rings. The van der Waals surface area contributed by atoms with Crippen LogP contribution in [0.15, 0.2) is 24.3 Å². The van der Waals surface area contributed by atoms with Gasteiger partial charge in [-0.15, -0.1) is 0 Å². The van der Waals surface area contributed by atoms with E-state index in [1.807, 2.05) is 6.07 Å². The summed E-state index contributed by atoms with van der Waals surface area (Å²) in [6.07, 6.45) is 2.71. The van der Waals surface area contributed by atoms with Gasteiger partial charge in [0.1, 0.15) is 17.6 Å². The topological polar surface area (TPSA) is 79.6 Å². The van der Waals surface area contributed by atoms with Gasteiger partial charge < -0.3 is 14.6 Å². The molecule has 0 aliphatic heterocycles. The third kappa shape index (κ3) is 3.87. The molecular formula is C12H11NO4. The molecule has 1 N–H and O–H groups in total. The van der Waals surface area contributed by atoms with Crippen molar-refractivity contribution in [3.8, 4) is 17.6 Å². The molecule has 1 aromatic rings. The van der Waals surface area contributed by atoms with Crippen LogP contribution >= 0.6 is 0 Å². The molecule has 88 valence electrons. The van der Waals surface area contributed by atoms with Gasteiger partial charge in [-0.2, -0.15) is 5.26 Å². The number of nitrogens with zero attached hydrogens (tertiary/aromatic N) is 1. The number of phenols is 1. The largest absolute Gasteiger partial charge is 0.508 e. The lowest BCUT2D eigenvalue weighted by Crippen LogP contribution is -1.96. The van der Waals surface area contributed by atoms with Gasteiger partial charge in [-0.3, -0.25) is 0 Å². The summed E-state index contributed by atoms with van der Waals surface area (Å²) in [6.45, 7) is -0.136. The van der Waals surface area contributed by atoms with E-state index in [-0.39, 0.29) is 12.4 Å². The molecule has 0 radical (unpaired) electrons. The second kappa shape index (κ2) is 6.18. The van der Waals surface area contributed by atoms with Gasteiger partial charge in [0, 0.05) is 17.7 Å². The third-order valence-corrected chi connectivity index (χ3v) is 1.89. The summed E-state index contributed by atoms with van der Waals surface area (Å²) in [5, 5.41) is 17.7. The van der Waals surface area contributed by atoms with Crippen molar-refractivity contribution in [3.05, 3.63) is 29.8 Å². The Balaban J connectivity index is 2.94. The monoisotopic (exact) mass is 233 g/mol. The third-order valence-electron chi connectivity index (χ3n) is 1.89. The van der Waals surface area contributed by atoms with E-state index in [0.717, 1.165) is 0 Å². The van der Waals surface area contributed by atoms with Crippen LogP contribution < -0.4 is 4.74 Å². The Morgan fingerprint density at radius 3 is 3.00 bits per heavy atom. The van der Waals surface area contributed by atoms with E-state index < -0.39 is 5.97 Å². The summed E-state index contributed by atoms with van der Waals surface area (Å²) in [6, 6.07) is 6.21. The standard InChI is InChI=1S/C12H11NO4/c1-16-12(15)5-3-9-2-4-10(14)8-11(9)17-7-6-13/h2-5,8,14H,7H2,1H3. The Labute approximate surface area is 98.5 Å². The van der Waals surface area contributed by atoms with E-state index in [9.17, 15) is 9.90 Å². The highest BCUT2D eigenvalue weighted by molar-refractivity contribution is 5.87. The summed E-state index contributed by atoms with van der Waals surface area (Å²) in [7, 11) is 1.27. The molecule has 1 aromatic carbocycles. The molecule has 0 bridgehead atoms.